The Bertz CT molecular complexity index is 169. The molecule has 0 aliphatic carbocycles. The Labute approximate surface area is 81.0 Å². The van der Waals surface area contributed by atoms with E-state index < -0.39 is 0 Å². The Balaban J connectivity index is 2.23. The highest BCUT2D eigenvalue weighted by molar-refractivity contribution is 5.79. The summed E-state index contributed by atoms with van der Waals surface area (Å²) in [6, 6.07) is 0. The van der Waals surface area contributed by atoms with Gasteiger partial charge in [0.05, 0.1) is 5.84 Å². The molecule has 1 saturated heterocycles. The highest BCUT2D eigenvalue weighted by Crippen LogP contribution is 2.15. The number of rotatable bonds is 3. The van der Waals surface area contributed by atoms with Gasteiger partial charge in [-0.3, -0.25) is 4.99 Å². The molecule has 2 N–H and O–H groups in total. The van der Waals surface area contributed by atoms with Gasteiger partial charge in [0.15, 0.2) is 0 Å². The Morgan fingerprint density at radius 2 is 2.08 bits per heavy atom. The van der Waals surface area contributed by atoms with Gasteiger partial charge in [-0.2, -0.15) is 0 Å². The van der Waals surface area contributed by atoms with E-state index in [9.17, 15) is 0 Å². The van der Waals surface area contributed by atoms with Crippen LogP contribution in [0.4, 0.5) is 0 Å². The van der Waals surface area contributed by atoms with Crippen molar-refractivity contribution in [2.24, 2.45) is 16.6 Å². The maximum atomic E-state index is 5.66. The lowest BCUT2D eigenvalue weighted by atomic mass is 9.97. The van der Waals surface area contributed by atoms with Crippen molar-refractivity contribution in [1.29, 1.82) is 0 Å². The van der Waals surface area contributed by atoms with Crippen molar-refractivity contribution in [2.75, 3.05) is 26.7 Å². The molecule has 1 rings (SSSR count). The van der Waals surface area contributed by atoms with Gasteiger partial charge in [-0.05, 0) is 38.9 Å². The normalized spacial score (nSPS) is 22.2. The van der Waals surface area contributed by atoms with Crippen LogP contribution in [0.3, 0.4) is 0 Å². The fourth-order valence-electron chi connectivity index (χ4n) is 1.60. The van der Waals surface area contributed by atoms with Crippen LogP contribution in [0.1, 0.15) is 26.2 Å². The lowest BCUT2D eigenvalue weighted by Gasteiger charge is -2.27. The first-order valence-electron chi connectivity index (χ1n) is 5.19. The van der Waals surface area contributed by atoms with Gasteiger partial charge in [0.1, 0.15) is 0 Å². The summed E-state index contributed by atoms with van der Waals surface area (Å²) in [5, 5.41) is 0. The van der Waals surface area contributed by atoms with Gasteiger partial charge in [0.25, 0.3) is 0 Å². The number of piperidine rings is 1. The summed E-state index contributed by atoms with van der Waals surface area (Å²) in [6.45, 7) is 5.42. The summed E-state index contributed by atoms with van der Waals surface area (Å²) < 4.78 is 0. The lowest BCUT2D eigenvalue weighted by Crippen LogP contribution is -2.31. The van der Waals surface area contributed by atoms with E-state index in [1.807, 2.05) is 6.92 Å². The molecule has 0 atom stereocenters. The summed E-state index contributed by atoms with van der Waals surface area (Å²) in [7, 11) is 2.18. The van der Waals surface area contributed by atoms with Crippen LogP contribution in [0.25, 0.3) is 0 Å². The van der Waals surface area contributed by atoms with Crippen LogP contribution in [-0.4, -0.2) is 37.4 Å². The molecule has 0 saturated carbocycles. The molecule has 76 valence electrons. The summed E-state index contributed by atoms with van der Waals surface area (Å²) in [4.78, 5) is 6.75. The third-order valence-corrected chi connectivity index (χ3v) is 2.75. The number of nitrogens with two attached hydrogens (primary N) is 1. The molecule has 0 spiro atoms. The van der Waals surface area contributed by atoms with E-state index in [2.05, 4.69) is 16.9 Å². The molecule has 0 unspecified atom stereocenters. The molecule has 1 aliphatic heterocycles. The molecule has 0 amide bonds. The zero-order valence-corrected chi connectivity index (χ0v) is 8.79. The molecule has 1 fully saturated rings. The Morgan fingerprint density at radius 3 is 2.62 bits per heavy atom. The van der Waals surface area contributed by atoms with E-state index in [-0.39, 0.29) is 0 Å². The van der Waals surface area contributed by atoms with Gasteiger partial charge in [0, 0.05) is 13.0 Å². The summed E-state index contributed by atoms with van der Waals surface area (Å²) >= 11 is 0. The smallest absolute Gasteiger partial charge is 0.0934 e. The molecule has 1 aliphatic rings. The fraction of sp³-hybridized carbons (Fsp3) is 0.900. The standard InChI is InChI=1S/C10H21N3/c1-3-10(11)12-8-9-4-6-13(2)7-5-9/h9H,3-8H2,1-2H3,(H2,11,12). The van der Waals surface area contributed by atoms with Crippen molar-refractivity contribution < 1.29 is 0 Å². The predicted octanol–water partition coefficient (Wildman–Crippen LogP) is 1.10. The summed E-state index contributed by atoms with van der Waals surface area (Å²) in [6.07, 6.45) is 3.43. The van der Waals surface area contributed by atoms with Crippen molar-refractivity contribution >= 4 is 5.84 Å². The molecular formula is C10H21N3. The van der Waals surface area contributed by atoms with Gasteiger partial charge >= 0.3 is 0 Å². The number of amidine groups is 1. The van der Waals surface area contributed by atoms with Crippen molar-refractivity contribution in [3.63, 3.8) is 0 Å². The van der Waals surface area contributed by atoms with E-state index in [0.717, 1.165) is 24.7 Å². The van der Waals surface area contributed by atoms with Crippen LogP contribution in [0.15, 0.2) is 4.99 Å². The van der Waals surface area contributed by atoms with Gasteiger partial charge < -0.3 is 10.6 Å². The minimum absolute atomic E-state index is 0.765. The molecule has 0 aromatic carbocycles. The second-order valence-corrected chi connectivity index (χ2v) is 3.93. The fourth-order valence-corrected chi connectivity index (χ4v) is 1.60. The first-order valence-corrected chi connectivity index (χ1v) is 5.19. The number of hydrogen-bond acceptors (Lipinski definition) is 2. The molecular weight excluding hydrogens is 162 g/mol. The average molecular weight is 183 g/mol. The summed E-state index contributed by atoms with van der Waals surface area (Å²) in [5.41, 5.74) is 5.66. The monoisotopic (exact) mass is 183 g/mol. The maximum absolute atomic E-state index is 5.66. The van der Waals surface area contributed by atoms with E-state index in [0.29, 0.717) is 0 Å². The van der Waals surface area contributed by atoms with Gasteiger partial charge in [-0.1, -0.05) is 6.92 Å². The average Bonchev–Trinajstić information content (AvgIpc) is 2.16. The second kappa shape index (κ2) is 5.22. The van der Waals surface area contributed by atoms with E-state index in [4.69, 9.17) is 5.73 Å². The van der Waals surface area contributed by atoms with Crippen LogP contribution >= 0.6 is 0 Å². The van der Waals surface area contributed by atoms with Crippen molar-refractivity contribution in [3.05, 3.63) is 0 Å². The zero-order valence-electron chi connectivity index (χ0n) is 8.79. The molecule has 3 heteroatoms. The van der Waals surface area contributed by atoms with Gasteiger partial charge in [-0.15, -0.1) is 0 Å². The lowest BCUT2D eigenvalue weighted by molar-refractivity contribution is 0.223. The topological polar surface area (TPSA) is 41.6 Å². The molecule has 0 aromatic heterocycles. The number of likely N-dealkylation sites (tertiary alicyclic amines) is 1. The Kier molecular flexibility index (Phi) is 4.22. The van der Waals surface area contributed by atoms with Crippen molar-refractivity contribution in [2.45, 2.75) is 26.2 Å². The maximum Gasteiger partial charge on any atom is 0.0934 e. The largest absolute Gasteiger partial charge is 0.387 e. The molecule has 13 heavy (non-hydrogen) atoms. The Hall–Kier alpha value is -0.570. The highest BCUT2D eigenvalue weighted by atomic mass is 15.1. The van der Waals surface area contributed by atoms with Crippen molar-refractivity contribution in [1.82, 2.24) is 4.90 Å². The highest BCUT2D eigenvalue weighted by Gasteiger charge is 2.15. The third-order valence-electron chi connectivity index (χ3n) is 2.75. The second-order valence-electron chi connectivity index (χ2n) is 3.93. The third kappa shape index (κ3) is 3.77. The molecule has 0 bridgehead atoms. The van der Waals surface area contributed by atoms with Crippen LogP contribution in [0.2, 0.25) is 0 Å². The first-order chi connectivity index (χ1) is 6.22. The zero-order chi connectivity index (χ0) is 9.68. The van der Waals surface area contributed by atoms with Crippen LogP contribution in [-0.2, 0) is 0 Å². The molecule has 0 aromatic rings. The van der Waals surface area contributed by atoms with E-state index in [1.165, 1.54) is 25.9 Å². The number of hydrogen-bond donors (Lipinski definition) is 1. The van der Waals surface area contributed by atoms with E-state index in [1.54, 1.807) is 0 Å². The minimum Gasteiger partial charge on any atom is -0.387 e. The minimum atomic E-state index is 0.765. The predicted molar refractivity (Wildman–Crippen MR) is 57.0 cm³/mol. The molecule has 1 heterocycles. The van der Waals surface area contributed by atoms with Crippen LogP contribution in [0, 0.1) is 5.92 Å². The van der Waals surface area contributed by atoms with Crippen LogP contribution in [0.5, 0.6) is 0 Å². The number of nitrogens with zero attached hydrogens (tertiary/aromatic N) is 2. The molecule has 0 radical (unpaired) electrons. The quantitative estimate of drug-likeness (QED) is 0.526. The van der Waals surface area contributed by atoms with Crippen molar-refractivity contribution in [3.8, 4) is 0 Å². The molecule has 3 nitrogen and oxygen atoms in total. The Morgan fingerprint density at radius 1 is 1.46 bits per heavy atom. The SMILES string of the molecule is CCC(N)=NCC1CCN(C)CC1. The van der Waals surface area contributed by atoms with Gasteiger partial charge in [0.2, 0.25) is 0 Å². The van der Waals surface area contributed by atoms with E-state index >= 15 is 0 Å². The van der Waals surface area contributed by atoms with Crippen LogP contribution < -0.4 is 5.73 Å². The summed E-state index contributed by atoms with van der Waals surface area (Å²) in [5.74, 6) is 1.57. The van der Waals surface area contributed by atoms with Gasteiger partial charge in [-0.25, -0.2) is 0 Å². The number of aliphatic imine (C=N–C) groups is 1. The first kappa shape index (κ1) is 10.5.